The predicted molar refractivity (Wildman–Crippen MR) is 190 cm³/mol. The van der Waals surface area contributed by atoms with Crippen molar-refractivity contribution in [1.29, 1.82) is 5.26 Å². The first-order valence-corrected chi connectivity index (χ1v) is 18.2. The zero-order valence-electron chi connectivity index (χ0n) is 29.9. The Kier molecular flexibility index (Phi) is 13.7. The number of carbonyl (C=O) groups excluding carboxylic acids is 3. The van der Waals surface area contributed by atoms with Crippen LogP contribution in [0.15, 0.2) is 42.6 Å². The number of alkyl halides is 3. The smallest absolute Gasteiger partial charge is 0.451 e. The summed E-state index contributed by atoms with van der Waals surface area (Å²) in [6, 6.07) is 11.8. The standard InChI is InChI=1S/C38H45F3N8O4/c1-53-36(52)29-16-20-43-32(45-29)10-4-19-44-35(51)11-3-7-27-17-22-48(23-18-27)33-24-34(47-37(46-33)38(39,40)41)49-21-5-8-30(49)31(50)9-2-6-26-12-14-28(25-42)15-13-26/h12-16,20,24,27,30H,2-11,17-19,21-23H2,1H3,(H,44,51)/t30-/m0/s1. The van der Waals surface area contributed by atoms with Gasteiger partial charge in [0.05, 0.1) is 24.8 Å². The summed E-state index contributed by atoms with van der Waals surface area (Å²) >= 11 is 0. The van der Waals surface area contributed by atoms with Gasteiger partial charge >= 0.3 is 12.1 Å². The summed E-state index contributed by atoms with van der Waals surface area (Å²) in [6.45, 7) is 1.95. The lowest BCUT2D eigenvalue weighted by atomic mass is 9.91. The first-order valence-electron chi connectivity index (χ1n) is 18.2. The van der Waals surface area contributed by atoms with Gasteiger partial charge in [0.15, 0.2) is 11.5 Å². The van der Waals surface area contributed by atoms with Gasteiger partial charge in [-0.05, 0) is 87.5 Å². The number of aryl methyl sites for hydroxylation is 2. The van der Waals surface area contributed by atoms with Gasteiger partial charge in [-0.2, -0.15) is 18.4 Å². The van der Waals surface area contributed by atoms with Crippen molar-refractivity contribution in [2.75, 3.05) is 43.1 Å². The van der Waals surface area contributed by atoms with Gasteiger partial charge in [-0.25, -0.2) is 24.7 Å². The van der Waals surface area contributed by atoms with E-state index in [0.29, 0.717) is 101 Å². The average Bonchev–Trinajstić information content (AvgIpc) is 3.67. The number of esters is 1. The zero-order valence-corrected chi connectivity index (χ0v) is 29.9. The van der Waals surface area contributed by atoms with Crippen LogP contribution < -0.4 is 15.1 Å². The largest absolute Gasteiger partial charge is 0.464 e. The van der Waals surface area contributed by atoms with Crippen LogP contribution in [0, 0.1) is 17.2 Å². The first kappa shape index (κ1) is 39.1. The predicted octanol–water partition coefficient (Wildman–Crippen LogP) is 5.64. The quantitative estimate of drug-likeness (QED) is 0.144. The van der Waals surface area contributed by atoms with E-state index in [-0.39, 0.29) is 29.0 Å². The Morgan fingerprint density at radius 3 is 2.42 bits per heavy atom. The average molecular weight is 735 g/mol. The van der Waals surface area contributed by atoms with Crippen molar-refractivity contribution >= 4 is 29.3 Å². The van der Waals surface area contributed by atoms with Gasteiger partial charge in [-0.15, -0.1) is 0 Å². The number of benzene rings is 1. The minimum atomic E-state index is -4.74. The number of carbonyl (C=O) groups is 3. The van der Waals surface area contributed by atoms with E-state index in [4.69, 9.17) is 5.26 Å². The molecule has 1 atom stereocenters. The second-order valence-corrected chi connectivity index (χ2v) is 13.5. The normalized spacial score (nSPS) is 16.3. The van der Waals surface area contributed by atoms with Crippen LogP contribution in [-0.2, 0) is 33.3 Å². The third-order valence-corrected chi connectivity index (χ3v) is 9.80. The number of methoxy groups -OCH3 is 1. The van der Waals surface area contributed by atoms with Crippen LogP contribution in [0.25, 0.3) is 0 Å². The zero-order chi connectivity index (χ0) is 37.8. The van der Waals surface area contributed by atoms with E-state index in [1.54, 1.807) is 23.1 Å². The van der Waals surface area contributed by atoms with E-state index in [9.17, 15) is 27.6 Å². The monoisotopic (exact) mass is 734 g/mol. The molecule has 0 aliphatic carbocycles. The molecule has 1 N–H and O–H groups in total. The Labute approximate surface area is 307 Å². The lowest BCUT2D eigenvalue weighted by Crippen LogP contribution is -2.38. The van der Waals surface area contributed by atoms with Crippen LogP contribution in [0.4, 0.5) is 24.8 Å². The number of Topliss-reactive ketones (excluding diaryl/α,β-unsaturated/α-hetero) is 1. The van der Waals surface area contributed by atoms with Crippen molar-refractivity contribution in [1.82, 2.24) is 25.3 Å². The molecule has 53 heavy (non-hydrogen) atoms. The highest BCUT2D eigenvalue weighted by atomic mass is 19.4. The maximum absolute atomic E-state index is 14.0. The molecule has 0 bridgehead atoms. The molecular formula is C38H45F3N8O4. The molecule has 12 nitrogen and oxygen atoms in total. The molecular weight excluding hydrogens is 689 g/mol. The molecule has 0 unspecified atom stereocenters. The first-order chi connectivity index (χ1) is 25.5. The number of hydrogen-bond acceptors (Lipinski definition) is 11. The Morgan fingerprint density at radius 2 is 1.70 bits per heavy atom. The molecule has 3 aromatic rings. The summed E-state index contributed by atoms with van der Waals surface area (Å²) in [5.74, 6) is -0.633. The number of nitrogens with zero attached hydrogens (tertiary/aromatic N) is 7. The number of anilines is 2. The molecule has 1 aromatic carbocycles. The summed E-state index contributed by atoms with van der Waals surface area (Å²) < 4.78 is 46.8. The molecule has 0 radical (unpaired) electrons. The van der Waals surface area contributed by atoms with Crippen molar-refractivity contribution in [2.45, 2.75) is 89.3 Å². The molecule has 2 saturated heterocycles. The van der Waals surface area contributed by atoms with E-state index < -0.39 is 24.0 Å². The number of aromatic nitrogens is 4. The molecule has 15 heteroatoms. The number of hydrogen-bond donors (Lipinski definition) is 1. The Morgan fingerprint density at radius 1 is 0.943 bits per heavy atom. The number of ether oxygens (including phenoxy) is 1. The van der Waals surface area contributed by atoms with Crippen LogP contribution >= 0.6 is 0 Å². The highest BCUT2D eigenvalue weighted by Gasteiger charge is 2.38. The van der Waals surface area contributed by atoms with Crippen LogP contribution in [0.1, 0.15) is 97.5 Å². The number of halogens is 3. The topological polar surface area (TPSA) is 154 Å². The Hall–Kier alpha value is -5.13. The van der Waals surface area contributed by atoms with Crippen LogP contribution in [0.5, 0.6) is 0 Å². The van der Waals surface area contributed by atoms with Gasteiger partial charge in [0.2, 0.25) is 11.7 Å². The summed E-state index contributed by atoms with van der Waals surface area (Å²) in [6.07, 6.45) is 4.11. The molecule has 2 aliphatic rings. The van der Waals surface area contributed by atoms with Gasteiger partial charge in [0.1, 0.15) is 17.5 Å². The molecule has 2 fully saturated rings. The minimum Gasteiger partial charge on any atom is -0.464 e. The number of rotatable bonds is 16. The molecule has 0 saturated carbocycles. The number of nitrogens with one attached hydrogen (secondary N) is 1. The van der Waals surface area contributed by atoms with E-state index >= 15 is 0 Å². The maximum Gasteiger partial charge on any atom is 0.451 e. The van der Waals surface area contributed by atoms with Crippen LogP contribution in [0.3, 0.4) is 0 Å². The summed E-state index contributed by atoms with van der Waals surface area (Å²) in [7, 11) is 1.29. The Balaban J connectivity index is 1.08. The minimum absolute atomic E-state index is 0.0169. The molecule has 2 aliphatic heterocycles. The van der Waals surface area contributed by atoms with Gasteiger partial charge in [-0.1, -0.05) is 12.1 Å². The second kappa shape index (κ2) is 18.6. The molecule has 282 valence electrons. The Bertz CT molecular complexity index is 1760. The molecule has 4 heterocycles. The van der Waals surface area contributed by atoms with E-state index in [1.807, 2.05) is 17.0 Å². The number of nitriles is 1. The third kappa shape index (κ3) is 11.2. The SMILES string of the molecule is COC(=O)c1ccnc(CCCNC(=O)CCCC2CCN(c3cc(N4CCC[C@H]4C(=O)CCCc4ccc(C#N)cc4)nc(C(F)(F)F)n3)CC2)n1. The summed E-state index contributed by atoms with van der Waals surface area (Å²) in [5, 5.41) is 11.9. The van der Waals surface area contributed by atoms with E-state index in [0.717, 1.165) is 24.8 Å². The maximum atomic E-state index is 14.0. The molecule has 0 spiro atoms. The van der Waals surface area contributed by atoms with Gasteiger partial charge in [-0.3, -0.25) is 9.59 Å². The van der Waals surface area contributed by atoms with E-state index in [2.05, 4.69) is 36.1 Å². The highest BCUT2D eigenvalue weighted by Crippen LogP contribution is 2.35. The molecule has 2 aromatic heterocycles. The fourth-order valence-corrected chi connectivity index (χ4v) is 6.92. The van der Waals surface area contributed by atoms with Crippen molar-refractivity contribution < 1.29 is 32.3 Å². The van der Waals surface area contributed by atoms with Crippen molar-refractivity contribution in [3.63, 3.8) is 0 Å². The lowest BCUT2D eigenvalue weighted by Gasteiger charge is -2.34. The van der Waals surface area contributed by atoms with Crippen LogP contribution in [-0.4, -0.2) is 76.9 Å². The summed E-state index contributed by atoms with van der Waals surface area (Å²) in [5.41, 5.74) is 1.78. The van der Waals surface area contributed by atoms with Crippen molar-refractivity contribution in [3.8, 4) is 6.07 Å². The molecule has 1 amide bonds. The lowest BCUT2D eigenvalue weighted by molar-refractivity contribution is -0.144. The number of ketones is 1. The second-order valence-electron chi connectivity index (χ2n) is 13.5. The molecule has 5 rings (SSSR count). The number of piperidine rings is 1. The van der Waals surface area contributed by atoms with Crippen LogP contribution in [0.2, 0.25) is 0 Å². The van der Waals surface area contributed by atoms with Crippen molar-refractivity contribution in [3.05, 3.63) is 71.1 Å². The highest BCUT2D eigenvalue weighted by molar-refractivity contribution is 5.88. The van der Waals surface area contributed by atoms with Gasteiger partial charge < -0.3 is 19.9 Å². The third-order valence-electron chi connectivity index (χ3n) is 9.80. The van der Waals surface area contributed by atoms with Gasteiger partial charge in [0.25, 0.3) is 0 Å². The fourth-order valence-electron chi connectivity index (χ4n) is 6.92. The fraction of sp³-hybridized carbons (Fsp3) is 0.526. The van der Waals surface area contributed by atoms with Gasteiger partial charge in [0, 0.05) is 57.7 Å². The van der Waals surface area contributed by atoms with E-state index in [1.165, 1.54) is 19.4 Å². The van der Waals surface area contributed by atoms with Crippen molar-refractivity contribution in [2.24, 2.45) is 5.92 Å². The summed E-state index contributed by atoms with van der Waals surface area (Å²) in [4.78, 5) is 57.1. The number of amides is 1.